The van der Waals surface area contributed by atoms with Gasteiger partial charge in [0.05, 0.1) is 10.9 Å². The molecule has 1 N–H and O–H groups in total. The first kappa shape index (κ1) is 16.4. The number of hydrogen-bond acceptors (Lipinski definition) is 3. The van der Waals surface area contributed by atoms with E-state index in [0.717, 1.165) is 5.56 Å². The summed E-state index contributed by atoms with van der Waals surface area (Å²) in [6.07, 6.45) is 1.68. The summed E-state index contributed by atoms with van der Waals surface area (Å²) in [5.74, 6) is -1.02. The Labute approximate surface area is 143 Å². The highest BCUT2D eigenvalue weighted by molar-refractivity contribution is 6.31. The van der Waals surface area contributed by atoms with Crippen molar-refractivity contribution in [3.8, 4) is 0 Å². The van der Waals surface area contributed by atoms with E-state index in [0.29, 0.717) is 11.5 Å². The Morgan fingerprint density at radius 1 is 1.42 bits per heavy atom. The van der Waals surface area contributed by atoms with E-state index < -0.39 is 11.7 Å². The van der Waals surface area contributed by atoms with Gasteiger partial charge in [-0.3, -0.25) is 9.59 Å². The molecule has 0 spiro atoms. The van der Waals surface area contributed by atoms with Crippen LogP contribution in [0.5, 0.6) is 0 Å². The summed E-state index contributed by atoms with van der Waals surface area (Å²) in [6.45, 7) is 2.06. The van der Waals surface area contributed by atoms with Gasteiger partial charge in [0.2, 0.25) is 11.8 Å². The lowest BCUT2D eigenvalue weighted by Crippen LogP contribution is -2.28. The van der Waals surface area contributed by atoms with Gasteiger partial charge in [0.15, 0.2) is 0 Å². The van der Waals surface area contributed by atoms with Gasteiger partial charge >= 0.3 is 0 Å². The molecule has 24 heavy (non-hydrogen) atoms. The van der Waals surface area contributed by atoms with Crippen molar-refractivity contribution < 1.29 is 14.0 Å². The minimum atomic E-state index is -0.549. The molecule has 0 aliphatic carbocycles. The van der Waals surface area contributed by atoms with E-state index in [1.54, 1.807) is 12.3 Å². The van der Waals surface area contributed by atoms with Crippen LogP contribution in [0.25, 0.3) is 0 Å². The van der Waals surface area contributed by atoms with Crippen molar-refractivity contribution in [2.75, 3.05) is 16.8 Å². The van der Waals surface area contributed by atoms with Gasteiger partial charge < -0.3 is 10.2 Å². The second-order valence-electron chi connectivity index (χ2n) is 5.66. The third kappa shape index (κ3) is 3.23. The van der Waals surface area contributed by atoms with Crippen LogP contribution in [-0.2, 0) is 9.59 Å². The number of carbonyl (C=O) groups excluding carboxylic acids is 2. The average Bonchev–Trinajstić information content (AvgIpc) is 2.94. The molecular weight excluding hydrogens is 333 g/mol. The number of aryl methyl sites for hydroxylation is 1. The zero-order chi connectivity index (χ0) is 17.3. The molecule has 1 unspecified atom stereocenters. The number of aromatic nitrogens is 1. The van der Waals surface area contributed by atoms with Gasteiger partial charge in [-0.25, -0.2) is 9.37 Å². The summed E-state index contributed by atoms with van der Waals surface area (Å²) >= 11 is 5.76. The predicted molar refractivity (Wildman–Crippen MR) is 89.5 cm³/mol. The highest BCUT2D eigenvalue weighted by Gasteiger charge is 2.35. The highest BCUT2D eigenvalue weighted by atomic mass is 35.5. The predicted octanol–water partition coefficient (Wildman–Crippen LogP) is 3.17. The van der Waals surface area contributed by atoms with Gasteiger partial charge in [-0.15, -0.1) is 0 Å². The summed E-state index contributed by atoms with van der Waals surface area (Å²) < 4.78 is 13.3. The highest BCUT2D eigenvalue weighted by Crippen LogP contribution is 2.29. The SMILES string of the molecule is Cc1cccnc1NC(=O)C1CC(=O)N(c2ccc(F)c(Cl)c2)C1. The lowest BCUT2D eigenvalue weighted by atomic mass is 10.1. The molecule has 1 atom stereocenters. The third-order valence-electron chi connectivity index (χ3n) is 3.96. The Bertz CT molecular complexity index is 812. The summed E-state index contributed by atoms with van der Waals surface area (Å²) in [5, 5.41) is 2.69. The Morgan fingerprint density at radius 2 is 2.21 bits per heavy atom. The normalized spacial score (nSPS) is 17.2. The molecule has 3 rings (SSSR count). The molecule has 1 aliphatic rings. The second-order valence-corrected chi connectivity index (χ2v) is 6.07. The first-order valence-electron chi connectivity index (χ1n) is 7.43. The van der Waals surface area contributed by atoms with E-state index in [-0.39, 0.29) is 29.8 Å². The molecule has 1 aromatic heterocycles. The number of nitrogens with one attached hydrogen (secondary N) is 1. The monoisotopic (exact) mass is 347 g/mol. The fraction of sp³-hybridized carbons (Fsp3) is 0.235. The molecular formula is C17H15ClFN3O2. The maximum atomic E-state index is 13.3. The van der Waals surface area contributed by atoms with E-state index in [1.807, 2.05) is 13.0 Å². The number of benzene rings is 1. The van der Waals surface area contributed by atoms with Crippen molar-refractivity contribution in [3.63, 3.8) is 0 Å². The van der Waals surface area contributed by atoms with Crippen molar-refractivity contribution >= 4 is 34.9 Å². The quantitative estimate of drug-likeness (QED) is 0.927. The van der Waals surface area contributed by atoms with Crippen molar-refractivity contribution in [2.45, 2.75) is 13.3 Å². The van der Waals surface area contributed by atoms with Crippen molar-refractivity contribution in [1.29, 1.82) is 0 Å². The van der Waals surface area contributed by atoms with Gasteiger partial charge in [-0.2, -0.15) is 0 Å². The number of hydrogen-bond donors (Lipinski definition) is 1. The lowest BCUT2D eigenvalue weighted by molar-refractivity contribution is -0.122. The minimum absolute atomic E-state index is 0.0580. The summed E-state index contributed by atoms with van der Waals surface area (Å²) in [7, 11) is 0. The zero-order valence-corrected chi connectivity index (χ0v) is 13.7. The smallest absolute Gasteiger partial charge is 0.230 e. The Hall–Kier alpha value is -2.47. The van der Waals surface area contributed by atoms with Crippen LogP contribution in [0.4, 0.5) is 15.9 Å². The Balaban J connectivity index is 1.73. The molecule has 1 aliphatic heterocycles. The van der Waals surface area contributed by atoms with E-state index in [9.17, 15) is 14.0 Å². The first-order chi connectivity index (χ1) is 11.5. The molecule has 7 heteroatoms. The maximum Gasteiger partial charge on any atom is 0.230 e. The average molecular weight is 348 g/mol. The molecule has 1 aromatic carbocycles. The lowest BCUT2D eigenvalue weighted by Gasteiger charge is -2.17. The largest absolute Gasteiger partial charge is 0.312 e. The van der Waals surface area contributed by atoms with Crippen molar-refractivity contribution in [1.82, 2.24) is 4.98 Å². The zero-order valence-electron chi connectivity index (χ0n) is 12.9. The molecule has 5 nitrogen and oxygen atoms in total. The van der Waals surface area contributed by atoms with Crippen LogP contribution in [0.15, 0.2) is 36.5 Å². The Morgan fingerprint density at radius 3 is 2.92 bits per heavy atom. The molecule has 2 amide bonds. The van der Waals surface area contributed by atoms with Crippen molar-refractivity contribution in [3.05, 3.63) is 52.9 Å². The van der Waals surface area contributed by atoms with Crippen LogP contribution < -0.4 is 10.2 Å². The van der Waals surface area contributed by atoms with Gasteiger partial charge in [0.1, 0.15) is 11.6 Å². The summed E-state index contributed by atoms with van der Waals surface area (Å²) in [6, 6.07) is 7.69. The van der Waals surface area contributed by atoms with Gasteiger partial charge in [-0.05, 0) is 36.8 Å². The van der Waals surface area contributed by atoms with Gasteiger partial charge in [0, 0.05) is 24.8 Å². The molecule has 2 heterocycles. The summed E-state index contributed by atoms with van der Waals surface area (Å²) in [4.78, 5) is 30.2. The van der Waals surface area contributed by atoms with E-state index in [4.69, 9.17) is 11.6 Å². The third-order valence-corrected chi connectivity index (χ3v) is 4.25. The van der Waals surface area contributed by atoms with Crippen LogP contribution in [0, 0.1) is 18.7 Å². The number of nitrogens with zero attached hydrogens (tertiary/aromatic N) is 2. The van der Waals surface area contributed by atoms with E-state index >= 15 is 0 Å². The number of amides is 2. The number of anilines is 2. The number of pyridine rings is 1. The number of carbonyl (C=O) groups is 2. The second kappa shape index (κ2) is 6.57. The molecule has 1 saturated heterocycles. The van der Waals surface area contributed by atoms with Crippen molar-refractivity contribution in [2.24, 2.45) is 5.92 Å². The van der Waals surface area contributed by atoms with Crippen LogP contribution in [-0.4, -0.2) is 23.3 Å². The van der Waals surface area contributed by atoms with Crippen LogP contribution in [0.3, 0.4) is 0 Å². The molecule has 2 aromatic rings. The molecule has 0 saturated carbocycles. The standard InChI is InChI=1S/C17H15ClFN3O2/c1-10-3-2-6-20-16(10)21-17(24)11-7-15(23)22(9-11)12-4-5-14(19)13(18)8-12/h2-6,8,11H,7,9H2,1H3,(H,20,21,24). The van der Waals surface area contributed by atoms with Gasteiger partial charge in [-0.1, -0.05) is 17.7 Å². The number of halogens is 2. The molecule has 124 valence electrons. The maximum absolute atomic E-state index is 13.3. The topological polar surface area (TPSA) is 62.3 Å². The van der Waals surface area contributed by atoms with E-state index in [1.165, 1.54) is 23.1 Å². The molecule has 0 bridgehead atoms. The van der Waals surface area contributed by atoms with Crippen LogP contribution in [0.2, 0.25) is 5.02 Å². The van der Waals surface area contributed by atoms with Gasteiger partial charge in [0.25, 0.3) is 0 Å². The number of rotatable bonds is 3. The molecule has 1 fully saturated rings. The first-order valence-corrected chi connectivity index (χ1v) is 7.81. The minimum Gasteiger partial charge on any atom is -0.312 e. The summed E-state index contributed by atoms with van der Waals surface area (Å²) in [5.41, 5.74) is 1.33. The molecule has 0 radical (unpaired) electrons. The Kier molecular flexibility index (Phi) is 4.49. The van der Waals surface area contributed by atoms with E-state index in [2.05, 4.69) is 10.3 Å². The van der Waals surface area contributed by atoms with Crippen LogP contribution >= 0.6 is 11.6 Å². The fourth-order valence-corrected chi connectivity index (χ4v) is 2.80. The fourth-order valence-electron chi connectivity index (χ4n) is 2.62. The van der Waals surface area contributed by atoms with Crippen LogP contribution in [0.1, 0.15) is 12.0 Å².